The lowest BCUT2D eigenvalue weighted by molar-refractivity contribution is 0.468. The molecule has 2 heterocycles. The SMILES string of the molecule is Cc1nc(-c2cc(Oc3ccc(C(C)(C)C)c(F)c3)ccn2)cs1. The molecule has 0 aliphatic heterocycles. The predicted octanol–water partition coefficient (Wildman–Crippen LogP) is 5.74. The second-order valence-electron chi connectivity index (χ2n) is 6.62. The molecule has 124 valence electrons. The fourth-order valence-corrected chi connectivity index (χ4v) is 3.01. The van der Waals surface area contributed by atoms with Crippen LogP contribution in [-0.4, -0.2) is 9.97 Å². The maximum atomic E-state index is 14.3. The summed E-state index contributed by atoms with van der Waals surface area (Å²) in [6.07, 6.45) is 1.67. The van der Waals surface area contributed by atoms with Gasteiger partial charge in [-0.25, -0.2) is 9.37 Å². The minimum atomic E-state index is -0.260. The fourth-order valence-electron chi connectivity index (χ4n) is 2.40. The van der Waals surface area contributed by atoms with E-state index in [0.29, 0.717) is 17.1 Å². The molecule has 3 nitrogen and oxygen atoms in total. The van der Waals surface area contributed by atoms with Gasteiger partial charge in [-0.2, -0.15) is 0 Å². The van der Waals surface area contributed by atoms with Crippen LogP contribution in [0.2, 0.25) is 0 Å². The largest absolute Gasteiger partial charge is 0.457 e. The van der Waals surface area contributed by atoms with Gasteiger partial charge in [0.2, 0.25) is 0 Å². The number of aromatic nitrogens is 2. The van der Waals surface area contributed by atoms with Crippen molar-refractivity contribution in [3.05, 3.63) is 58.3 Å². The summed E-state index contributed by atoms with van der Waals surface area (Å²) >= 11 is 1.57. The highest BCUT2D eigenvalue weighted by Gasteiger charge is 2.18. The number of hydrogen-bond acceptors (Lipinski definition) is 4. The lowest BCUT2D eigenvalue weighted by atomic mass is 9.87. The summed E-state index contributed by atoms with van der Waals surface area (Å²) in [6, 6.07) is 8.54. The average molecular weight is 342 g/mol. The molecule has 0 unspecified atom stereocenters. The van der Waals surface area contributed by atoms with E-state index >= 15 is 0 Å². The summed E-state index contributed by atoms with van der Waals surface area (Å²) in [5, 5.41) is 2.94. The van der Waals surface area contributed by atoms with Crippen LogP contribution in [0.1, 0.15) is 31.3 Å². The topological polar surface area (TPSA) is 35.0 Å². The Kier molecular flexibility index (Phi) is 4.37. The lowest BCUT2D eigenvalue weighted by Crippen LogP contribution is -2.13. The van der Waals surface area contributed by atoms with Crippen molar-refractivity contribution in [2.75, 3.05) is 0 Å². The van der Waals surface area contributed by atoms with Crippen LogP contribution in [0.25, 0.3) is 11.4 Å². The Labute approximate surface area is 145 Å². The van der Waals surface area contributed by atoms with Crippen molar-refractivity contribution < 1.29 is 9.13 Å². The molecule has 24 heavy (non-hydrogen) atoms. The van der Waals surface area contributed by atoms with Gasteiger partial charge in [0.25, 0.3) is 0 Å². The van der Waals surface area contributed by atoms with Gasteiger partial charge in [-0.05, 0) is 30.0 Å². The number of hydrogen-bond donors (Lipinski definition) is 0. The summed E-state index contributed by atoms with van der Waals surface area (Å²) < 4.78 is 20.1. The third-order valence-electron chi connectivity index (χ3n) is 3.60. The minimum Gasteiger partial charge on any atom is -0.457 e. The lowest BCUT2D eigenvalue weighted by Gasteiger charge is -2.20. The normalized spacial score (nSPS) is 11.5. The quantitative estimate of drug-likeness (QED) is 0.608. The molecule has 0 saturated carbocycles. The fraction of sp³-hybridized carbons (Fsp3) is 0.263. The average Bonchev–Trinajstić information content (AvgIpc) is 2.93. The zero-order valence-corrected chi connectivity index (χ0v) is 14.9. The summed E-state index contributed by atoms with van der Waals surface area (Å²) in [4.78, 5) is 8.74. The molecule has 3 rings (SSSR count). The van der Waals surface area contributed by atoms with E-state index in [4.69, 9.17) is 4.74 Å². The molecule has 0 aliphatic rings. The smallest absolute Gasteiger partial charge is 0.131 e. The van der Waals surface area contributed by atoms with Gasteiger partial charge in [0, 0.05) is 23.7 Å². The van der Waals surface area contributed by atoms with Crippen LogP contribution in [0.4, 0.5) is 4.39 Å². The Morgan fingerprint density at radius 1 is 1.04 bits per heavy atom. The van der Waals surface area contributed by atoms with Crippen molar-refractivity contribution in [2.45, 2.75) is 33.1 Å². The first kappa shape index (κ1) is 16.6. The van der Waals surface area contributed by atoms with Crippen LogP contribution < -0.4 is 4.74 Å². The number of nitrogens with zero attached hydrogens (tertiary/aromatic N) is 2. The van der Waals surface area contributed by atoms with E-state index in [1.807, 2.05) is 39.1 Å². The van der Waals surface area contributed by atoms with Crippen molar-refractivity contribution in [3.63, 3.8) is 0 Å². The first-order chi connectivity index (χ1) is 11.3. The van der Waals surface area contributed by atoms with Crippen molar-refractivity contribution in [1.82, 2.24) is 9.97 Å². The van der Waals surface area contributed by atoms with E-state index in [1.54, 1.807) is 35.7 Å². The second kappa shape index (κ2) is 6.32. The third kappa shape index (κ3) is 3.62. The van der Waals surface area contributed by atoms with E-state index in [1.165, 1.54) is 6.07 Å². The van der Waals surface area contributed by atoms with E-state index in [9.17, 15) is 4.39 Å². The molecule has 1 aromatic carbocycles. The summed E-state index contributed by atoms with van der Waals surface area (Å²) in [5.41, 5.74) is 1.98. The molecule has 0 fully saturated rings. The van der Waals surface area contributed by atoms with Crippen LogP contribution in [0.5, 0.6) is 11.5 Å². The van der Waals surface area contributed by atoms with Gasteiger partial charge in [0.15, 0.2) is 0 Å². The third-order valence-corrected chi connectivity index (χ3v) is 4.37. The second-order valence-corrected chi connectivity index (χ2v) is 7.68. The number of pyridine rings is 1. The molecular weight excluding hydrogens is 323 g/mol. The number of ether oxygens (including phenoxy) is 1. The van der Waals surface area contributed by atoms with Crippen LogP contribution in [0, 0.1) is 12.7 Å². The molecule has 0 N–H and O–H groups in total. The molecule has 0 radical (unpaired) electrons. The van der Waals surface area contributed by atoms with Crippen molar-refractivity contribution in [3.8, 4) is 22.9 Å². The maximum absolute atomic E-state index is 14.3. The van der Waals surface area contributed by atoms with Crippen LogP contribution >= 0.6 is 11.3 Å². The molecular formula is C19H19FN2OS. The Bertz CT molecular complexity index is 868. The van der Waals surface area contributed by atoms with E-state index in [0.717, 1.165) is 16.4 Å². The number of thiazole rings is 1. The highest BCUT2D eigenvalue weighted by atomic mass is 32.1. The first-order valence-corrected chi connectivity index (χ1v) is 8.57. The summed E-state index contributed by atoms with van der Waals surface area (Å²) in [6.45, 7) is 7.90. The Morgan fingerprint density at radius 3 is 2.42 bits per heavy atom. The predicted molar refractivity (Wildman–Crippen MR) is 95.3 cm³/mol. The van der Waals surface area contributed by atoms with Gasteiger partial charge in [-0.15, -0.1) is 11.3 Å². The monoisotopic (exact) mass is 342 g/mol. The molecule has 0 saturated heterocycles. The molecule has 0 atom stereocenters. The molecule has 0 aliphatic carbocycles. The van der Waals surface area contributed by atoms with Crippen LogP contribution in [0.15, 0.2) is 41.9 Å². The summed E-state index contributed by atoms with van der Waals surface area (Å²) in [7, 11) is 0. The molecule has 0 spiro atoms. The van der Waals surface area contributed by atoms with Gasteiger partial charge in [-0.3, -0.25) is 4.98 Å². The van der Waals surface area contributed by atoms with Crippen LogP contribution in [-0.2, 0) is 5.41 Å². The summed E-state index contributed by atoms with van der Waals surface area (Å²) in [5.74, 6) is 0.810. The Balaban J connectivity index is 1.85. The highest BCUT2D eigenvalue weighted by molar-refractivity contribution is 7.09. The molecule has 0 bridgehead atoms. The van der Waals surface area contributed by atoms with Gasteiger partial charge in [0.05, 0.1) is 16.4 Å². The maximum Gasteiger partial charge on any atom is 0.131 e. The van der Waals surface area contributed by atoms with E-state index in [2.05, 4.69) is 9.97 Å². The van der Waals surface area contributed by atoms with Crippen LogP contribution in [0.3, 0.4) is 0 Å². The van der Waals surface area contributed by atoms with Crippen molar-refractivity contribution >= 4 is 11.3 Å². The highest BCUT2D eigenvalue weighted by Crippen LogP contribution is 2.31. The number of halogens is 1. The molecule has 5 heteroatoms. The van der Waals surface area contributed by atoms with Crippen molar-refractivity contribution in [2.24, 2.45) is 0 Å². The zero-order valence-electron chi connectivity index (χ0n) is 14.1. The van der Waals surface area contributed by atoms with Gasteiger partial charge >= 0.3 is 0 Å². The number of rotatable bonds is 3. The first-order valence-electron chi connectivity index (χ1n) is 7.69. The Hall–Kier alpha value is -2.27. The van der Waals surface area contributed by atoms with Gasteiger partial charge in [0.1, 0.15) is 17.3 Å². The van der Waals surface area contributed by atoms with Crippen molar-refractivity contribution in [1.29, 1.82) is 0 Å². The van der Waals surface area contributed by atoms with E-state index < -0.39 is 0 Å². The van der Waals surface area contributed by atoms with E-state index in [-0.39, 0.29) is 11.2 Å². The zero-order chi connectivity index (χ0) is 17.3. The standard InChI is InChI=1S/C19H19FN2OS/c1-12-22-18(11-24-12)17-10-14(7-8-21-17)23-13-5-6-15(16(20)9-13)19(2,3)4/h5-11H,1-4H3. The molecule has 0 amide bonds. The number of benzene rings is 1. The Morgan fingerprint density at radius 2 is 1.79 bits per heavy atom. The number of aryl methyl sites for hydroxylation is 1. The molecule has 3 aromatic rings. The van der Waals surface area contributed by atoms with Gasteiger partial charge in [-0.1, -0.05) is 26.8 Å². The minimum absolute atomic E-state index is 0.241. The molecule has 2 aromatic heterocycles. The van der Waals surface area contributed by atoms with Gasteiger partial charge < -0.3 is 4.74 Å².